The number of aromatic nitrogens is 1. The van der Waals surface area contributed by atoms with Gasteiger partial charge in [0, 0.05) is 5.56 Å². The lowest BCUT2D eigenvalue weighted by atomic mass is 9.95. The van der Waals surface area contributed by atoms with Gasteiger partial charge in [0.1, 0.15) is 23.1 Å². The van der Waals surface area contributed by atoms with Crippen LogP contribution in [0.1, 0.15) is 43.4 Å². The molecule has 1 aromatic heterocycles. The van der Waals surface area contributed by atoms with Gasteiger partial charge in [0.25, 0.3) is 5.78 Å². The molecule has 1 saturated heterocycles. The third kappa shape index (κ3) is 5.22. The van der Waals surface area contributed by atoms with E-state index in [2.05, 4.69) is 11.9 Å². The van der Waals surface area contributed by atoms with Crippen LogP contribution in [-0.2, 0) is 9.59 Å². The first-order chi connectivity index (χ1) is 18.9. The number of aliphatic hydroxyl groups excluding tert-OH is 1. The zero-order valence-corrected chi connectivity index (χ0v) is 22.3. The zero-order valence-electron chi connectivity index (χ0n) is 21.5. The summed E-state index contributed by atoms with van der Waals surface area (Å²) in [5.41, 5.74) is 1.34. The SMILES string of the molecule is CCCCCOc1ccc(/C(O)=C2\C(=O)C(=O)N(c3nc4ccc(F)cc4s3)C2c2cccc(OC)c2)cc1. The van der Waals surface area contributed by atoms with Gasteiger partial charge in [-0.1, -0.05) is 43.2 Å². The number of ether oxygens (including phenoxy) is 2. The minimum Gasteiger partial charge on any atom is -0.507 e. The third-order valence-electron chi connectivity index (χ3n) is 6.54. The van der Waals surface area contributed by atoms with Gasteiger partial charge in [-0.25, -0.2) is 9.37 Å². The van der Waals surface area contributed by atoms with Gasteiger partial charge in [0.05, 0.1) is 35.5 Å². The Labute approximate surface area is 229 Å². The van der Waals surface area contributed by atoms with Crippen molar-refractivity contribution in [3.63, 3.8) is 0 Å². The van der Waals surface area contributed by atoms with Crippen LogP contribution in [0.25, 0.3) is 16.0 Å². The molecule has 1 amide bonds. The van der Waals surface area contributed by atoms with Crippen molar-refractivity contribution in [1.29, 1.82) is 0 Å². The minimum absolute atomic E-state index is 0.0738. The highest BCUT2D eigenvalue weighted by Gasteiger charge is 2.48. The smallest absolute Gasteiger partial charge is 0.301 e. The third-order valence-corrected chi connectivity index (χ3v) is 7.56. The number of unbranched alkanes of at least 4 members (excludes halogenated alkanes) is 2. The van der Waals surface area contributed by atoms with E-state index in [0.29, 0.717) is 39.4 Å². The van der Waals surface area contributed by atoms with Crippen molar-refractivity contribution in [1.82, 2.24) is 4.98 Å². The second-order valence-electron chi connectivity index (χ2n) is 9.13. The summed E-state index contributed by atoms with van der Waals surface area (Å²) >= 11 is 1.10. The molecule has 3 aromatic carbocycles. The van der Waals surface area contributed by atoms with E-state index < -0.39 is 23.5 Å². The molecule has 4 aromatic rings. The van der Waals surface area contributed by atoms with Gasteiger partial charge < -0.3 is 14.6 Å². The van der Waals surface area contributed by atoms with Crippen molar-refractivity contribution in [3.05, 3.63) is 89.2 Å². The quantitative estimate of drug-likeness (QED) is 0.110. The molecule has 1 N–H and O–H groups in total. The molecule has 0 bridgehead atoms. The van der Waals surface area contributed by atoms with Crippen molar-refractivity contribution in [2.45, 2.75) is 32.2 Å². The molecule has 1 aliphatic rings. The van der Waals surface area contributed by atoms with Crippen LogP contribution >= 0.6 is 11.3 Å². The minimum atomic E-state index is -0.976. The summed E-state index contributed by atoms with van der Waals surface area (Å²) in [5, 5.41) is 11.6. The summed E-state index contributed by atoms with van der Waals surface area (Å²) in [6.07, 6.45) is 3.11. The molecular formula is C30H27FN2O5S. The number of carbonyl (C=O) groups is 2. The molecule has 0 saturated carbocycles. The number of Topliss-reactive ketones (excluding diaryl/α,β-unsaturated/α-hetero) is 1. The van der Waals surface area contributed by atoms with Crippen molar-refractivity contribution in [2.24, 2.45) is 0 Å². The Morgan fingerprint density at radius 1 is 1.05 bits per heavy atom. The van der Waals surface area contributed by atoms with Crippen LogP contribution in [0.2, 0.25) is 0 Å². The lowest BCUT2D eigenvalue weighted by Gasteiger charge is -2.23. The molecule has 39 heavy (non-hydrogen) atoms. The summed E-state index contributed by atoms with van der Waals surface area (Å²) in [4.78, 5) is 32.6. The molecule has 1 fully saturated rings. The lowest BCUT2D eigenvalue weighted by molar-refractivity contribution is -0.132. The lowest BCUT2D eigenvalue weighted by Crippen LogP contribution is -2.29. The Morgan fingerprint density at radius 3 is 2.59 bits per heavy atom. The molecule has 1 atom stereocenters. The molecular weight excluding hydrogens is 519 g/mol. The van der Waals surface area contributed by atoms with Gasteiger partial charge >= 0.3 is 5.91 Å². The molecule has 5 rings (SSSR count). The maximum Gasteiger partial charge on any atom is 0.301 e. The number of amides is 1. The average molecular weight is 547 g/mol. The van der Waals surface area contributed by atoms with Gasteiger partial charge in [0.2, 0.25) is 0 Å². The van der Waals surface area contributed by atoms with Crippen LogP contribution in [0, 0.1) is 5.82 Å². The Balaban J connectivity index is 1.59. The Morgan fingerprint density at radius 2 is 1.85 bits per heavy atom. The number of hydrogen-bond donors (Lipinski definition) is 1. The molecule has 0 radical (unpaired) electrons. The van der Waals surface area contributed by atoms with Crippen LogP contribution in [0.15, 0.2) is 72.3 Å². The topological polar surface area (TPSA) is 89.0 Å². The zero-order chi connectivity index (χ0) is 27.5. The highest BCUT2D eigenvalue weighted by molar-refractivity contribution is 7.22. The van der Waals surface area contributed by atoms with E-state index in [1.54, 1.807) is 48.5 Å². The number of carbonyl (C=O) groups excluding carboxylic acids is 2. The first-order valence-electron chi connectivity index (χ1n) is 12.7. The van der Waals surface area contributed by atoms with Crippen molar-refractivity contribution in [2.75, 3.05) is 18.6 Å². The second-order valence-corrected chi connectivity index (χ2v) is 10.1. The molecule has 0 aliphatic carbocycles. The predicted octanol–water partition coefficient (Wildman–Crippen LogP) is 6.64. The number of thiazole rings is 1. The van der Waals surface area contributed by atoms with Gasteiger partial charge in [-0.15, -0.1) is 0 Å². The fraction of sp³-hybridized carbons (Fsp3) is 0.233. The summed E-state index contributed by atoms with van der Waals surface area (Å²) < 4.78 is 25.5. The number of methoxy groups -OCH3 is 1. The Hall–Kier alpha value is -4.24. The highest BCUT2D eigenvalue weighted by atomic mass is 32.1. The number of rotatable bonds is 9. The van der Waals surface area contributed by atoms with Crippen LogP contribution in [0.5, 0.6) is 11.5 Å². The Bertz CT molecular complexity index is 1560. The molecule has 9 heteroatoms. The normalized spacial score (nSPS) is 16.7. The predicted molar refractivity (Wildman–Crippen MR) is 149 cm³/mol. The number of fused-ring (bicyclic) bond motifs is 1. The largest absolute Gasteiger partial charge is 0.507 e. The number of ketones is 1. The number of benzene rings is 3. The number of halogens is 1. The van der Waals surface area contributed by atoms with Crippen LogP contribution in [0.3, 0.4) is 0 Å². The summed E-state index contributed by atoms with van der Waals surface area (Å²) in [5.74, 6) is -1.25. The van der Waals surface area contributed by atoms with Crippen molar-refractivity contribution >= 4 is 44.1 Å². The molecule has 1 unspecified atom stereocenters. The summed E-state index contributed by atoms with van der Waals surface area (Å²) in [7, 11) is 1.52. The van der Waals surface area contributed by atoms with Gasteiger partial charge in [-0.2, -0.15) is 0 Å². The number of hydrogen-bond acceptors (Lipinski definition) is 7. The highest BCUT2D eigenvalue weighted by Crippen LogP contribution is 2.45. The van der Waals surface area contributed by atoms with E-state index in [9.17, 15) is 19.1 Å². The molecule has 2 heterocycles. The van der Waals surface area contributed by atoms with Crippen molar-refractivity contribution < 1.29 is 28.6 Å². The van der Waals surface area contributed by atoms with Crippen LogP contribution in [-0.4, -0.2) is 35.5 Å². The van der Waals surface area contributed by atoms with Crippen molar-refractivity contribution in [3.8, 4) is 11.5 Å². The van der Waals surface area contributed by atoms with E-state index in [0.717, 1.165) is 30.6 Å². The fourth-order valence-electron chi connectivity index (χ4n) is 4.55. The van der Waals surface area contributed by atoms with E-state index in [1.165, 1.54) is 30.2 Å². The van der Waals surface area contributed by atoms with Gasteiger partial charge in [-0.05, 0) is 66.6 Å². The van der Waals surface area contributed by atoms with Crippen LogP contribution in [0.4, 0.5) is 9.52 Å². The van der Waals surface area contributed by atoms with Gasteiger partial charge in [-0.3, -0.25) is 14.5 Å². The average Bonchev–Trinajstić information content (AvgIpc) is 3.48. The molecule has 7 nitrogen and oxygen atoms in total. The standard InChI is InChI=1S/C30H27FN2O5S/c1-3-4-5-15-38-21-12-9-18(10-13-21)27(34)25-26(19-7-6-8-22(16-19)37-2)33(29(36)28(25)35)30-32-23-14-11-20(31)17-24(23)39-30/h6-14,16-17,26,34H,3-5,15H2,1-2H3/b27-25+. The first kappa shape index (κ1) is 26.4. The molecule has 200 valence electrons. The maximum atomic E-state index is 13.9. The number of anilines is 1. The van der Waals surface area contributed by atoms with E-state index >= 15 is 0 Å². The molecule has 1 aliphatic heterocycles. The van der Waals surface area contributed by atoms with E-state index in [-0.39, 0.29) is 16.5 Å². The van der Waals surface area contributed by atoms with Crippen LogP contribution < -0.4 is 14.4 Å². The van der Waals surface area contributed by atoms with E-state index in [1.807, 2.05) is 0 Å². The number of nitrogens with zero attached hydrogens (tertiary/aromatic N) is 2. The first-order valence-corrected chi connectivity index (χ1v) is 13.5. The number of aliphatic hydroxyl groups is 1. The maximum absolute atomic E-state index is 13.9. The Kier molecular flexibility index (Phi) is 7.60. The second kappa shape index (κ2) is 11.2. The summed E-state index contributed by atoms with van der Waals surface area (Å²) in [6.45, 7) is 2.71. The van der Waals surface area contributed by atoms with E-state index in [4.69, 9.17) is 9.47 Å². The monoisotopic (exact) mass is 546 g/mol. The summed E-state index contributed by atoms with van der Waals surface area (Å²) in [6, 6.07) is 16.9. The molecule has 0 spiro atoms. The fourth-order valence-corrected chi connectivity index (χ4v) is 5.57. The van der Waals surface area contributed by atoms with Gasteiger partial charge in [0.15, 0.2) is 5.13 Å².